The number of imidazole rings is 1. The van der Waals surface area contributed by atoms with Gasteiger partial charge < -0.3 is 14.9 Å². The van der Waals surface area contributed by atoms with Gasteiger partial charge >= 0.3 is 0 Å². The molecule has 3 aromatic rings. The zero-order valence-electron chi connectivity index (χ0n) is 15.8. The summed E-state index contributed by atoms with van der Waals surface area (Å²) in [6, 6.07) is 6.88. The Morgan fingerprint density at radius 3 is 2.68 bits per heavy atom. The highest BCUT2D eigenvalue weighted by atomic mass is 35.5. The Morgan fingerprint density at radius 2 is 2.04 bits per heavy atom. The molecule has 2 heterocycles. The molecule has 7 heteroatoms. The van der Waals surface area contributed by atoms with Crippen LogP contribution < -0.4 is 5.32 Å². The second kappa shape index (κ2) is 7.28. The van der Waals surface area contributed by atoms with Crippen molar-refractivity contribution in [1.29, 1.82) is 0 Å². The van der Waals surface area contributed by atoms with Gasteiger partial charge in [-0.25, -0.2) is 4.98 Å². The van der Waals surface area contributed by atoms with Crippen LogP contribution in [0.3, 0.4) is 0 Å². The minimum Gasteiger partial charge on any atom is -0.354 e. The fourth-order valence-corrected chi connectivity index (χ4v) is 3.94. The van der Waals surface area contributed by atoms with Crippen LogP contribution in [0.1, 0.15) is 62.4 Å². The fourth-order valence-electron chi connectivity index (χ4n) is 3.81. The lowest BCUT2D eigenvalue weighted by molar-refractivity contribution is 0.0935. The number of ketones is 1. The minimum atomic E-state index is -0.444. The first-order valence-electron chi connectivity index (χ1n) is 9.24. The maximum absolute atomic E-state index is 13.1. The van der Waals surface area contributed by atoms with Gasteiger partial charge in [0.25, 0.3) is 5.91 Å². The molecule has 6 nitrogen and oxygen atoms in total. The van der Waals surface area contributed by atoms with Gasteiger partial charge in [-0.2, -0.15) is 0 Å². The number of H-pyrrole nitrogens is 1. The number of aromatic nitrogens is 3. The number of rotatable bonds is 4. The highest BCUT2D eigenvalue weighted by Gasteiger charge is 2.28. The SMILES string of the molecule is Cc1c(C(=O)N[C@H](c2ccc(Cl)cc2)c2nccn2C)[nH]c2c1C(=O)CCC2. The van der Waals surface area contributed by atoms with E-state index in [4.69, 9.17) is 11.6 Å². The molecule has 0 saturated heterocycles. The molecule has 0 unspecified atom stereocenters. The molecular formula is C21H21ClN4O2. The Kier molecular flexibility index (Phi) is 4.81. The van der Waals surface area contributed by atoms with Crippen molar-refractivity contribution in [3.05, 3.63) is 75.6 Å². The molecule has 1 aliphatic rings. The molecule has 2 N–H and O–H groups in total. The molecule has 2 aromatic heterocycles. The second-order valence-electron chi connectivity index (χ2n) is 7.11. The summed E-state index contributed by atoms with van der Waals surface area (Å²) >= 11 is 6.02. The highest BCUT2D eigenvalue weighted by molar-refractivity contribution is 6.30. The summed E-state index contributed by atoms with van der Waals surface area (Å²) < 4.78 is 1.87. The molecule has 1 atom stereocenters. The van der Waals surface area contributed by atoms with E-state index < -0.39 is 6.04 Å². The monoisotopic (exact) mass is 396 g/mol. The third kappa shape index (κ3) is 3.24. The van der Waals surface area contributed by atoms with E-state index in [1.807, 2.05) is 36.9 Å². The van der Waals surface area contributed by atoms with Crippen LogP contribution in [0.2, 0.25) is 5.02 Å². The van der Waals surface area contributed by atoms with E-state index in [0.717, 1.165) is 24.1 Å². The quantitative estimate of drug-likeness (QED) is 0.704. The number of aromatic amines is 1. The molecule has 1 amide bonds. The zero-order chi connectivity index (χ0) is 19.8. The maximum Gasteiger partial charge on any atom is 0.268 e. The van der Waals surface area contributed by atoms with Crippen molar-refractivity contribution < 1.29 is 9.59 Å². The number of fused-ring (bicyclic) bond motifs is 1. The predicted octanol–water partition coefficient (Wildman–Crippen LogP) is 3.75. The first kappa shape index (κ1) is 18.5. The molecule has 4 rings (SSSR count). The number of carbonyl (C=O) groups is 2. The van der Waals surface area contributed by atoms with Gasteiger partial charge in [0.05, 0.1) is 0 Å². The van der Waals surface area contributed by atoms with Gasteiger partial charge in [-0.05, 0) is 43.0 Å². The first-order chi connectivity index (χ1) is 13.5. The lowest BCUT2D eigenvalue weighted by Gasteiger charge is -2.19. The molecule has 0 aliphatic heterocycles. The average molecular weight is 397 g/mol. The summed E-state index contributed by atoms with van der Waals surface area (Å²) in [5, 5.41) is 3.69. The van der Waals surface area contributed by atoms with Crippen molar-refractivity contribution in [3.8, 4) is 0 Å². The van der Waals surface area contributed by atoms with Crippen molar-refractivity contribution in [1.82, 2.24) is 19.9 Å². The number of nitrogens with one attached hydrogen (secondary N) is 2. The minimum absolute atomic E-state index is 0.104. The van der Waals surface area contributed by atoms with Crippen molar-refractivity contribution in [2.75, 3.05) is 0 Å². The number of halogens is 1. The van der Waals surface area contributed by atoms with E-state index in [1.54, 1.807) is 18.3 Å². The topological polar surface area (TPSA) is 79.8 Å². The van der Waals surface area contributed by atoms with Gasteiger partial charge in [0.15, 0.2) is 5.78 Å². The van der Waals surface area contributed by atoms with Crippen LogP contribution in [0.25, 0.3) is 0 Å². The number of hydrogen-bond acceptors (Lipinski definition) is 3. The number of hydrogen-bond donors (Lipinski definition) is 2. The molecule has 144 valence electrons. The summed E-state index contributed by atoms with van der Waals surface area (Å²) in [5.74, 6) is 0.552. The standard InChI is InChI=1S/C21H21ClN4O2/c1-12-17-15(4-3-5-16(17)27)24-18(12)21(28)25-19(20-23-10-11-26(20)2)13-6-8-14(22)9-7-13/h6-11,19,24H,3-5H2,1-2H3,(H,25,28)/t19-/m1/s1. The van der Waals surface area contributed by atoms with Crippen LogP contribution >= 0.6 is 11.6 Å². The van der Waals surface area contributed by atoms with E-state index in [2.05, 4.69) is 15.3 Å². The van der Waals surface area contributed by atoms with Gasteiger partial charge in [0.2, 0.25) is 0 Å². The van der Waals surface area contributed by atoms with Gasteiger partial charge in [-0.1, -0.05) is 23.7 Å². The highest BCUT2D eigenvalue weighted by Crippen LogP contribution is 2.28. The van der Waals surface area contributed by atoms with Gasteiger partial charge in [-0.3, -0.25) is 9.59 Å². The molecule has 1 aromatic carbocycles. The lowest BCUT2D eigenvalue weighted by Crippen LogP contribution is -2.31. The molecule has 0 saturated carbocycles. The van der Waals surface area contributed by atoms with Crippen LogP contribution in [0.4, 0.5) is 0 Å². The van der Waals surface area contributed by atoms with E-state index in [1.165, 1.54) is 0 Å². The zero-order valence-corrected chi connectivity index (χ0v) is 16.5. The van der Waals surface area contributed by atoms with Crippen molar-refractivity contribution >= 4 is 23.3 Å². The summed E-state index contributed by atoms with van der Waals surface area (Å²) in [6.45, 7) is 1.82. The van der Waals surface area contributed by atoms with Crippen LogP contribution in [0, 0.1) is 6.92 Å². The van der Waals surface area contributed by atoms with E-state index in [-0.39, 0.29) is 11.7 Å². The van der Waals surface area contributed by atoms with Crippen molar-refractivity contribution in [3.63, 3.8) is 0 Å². The Balaban J connectivity index is 1.70. The van der Waals surface area contributed by atoms with Crippen molar-refractivity contribution in [2.24, 2.45) is 7.05 Å². The first-order valence-corrected chi connectivity index (χ1v) is 9.61. The number of benzene rings is 1. The normalized spacial score (nSPS) is 14.6. The van der Waals surface area contributed by atoms with Crippen LogP contribution in [-0.4, -0.2) is 26.2 Å². The third-order valence-corrected chi connectivity index (χ3v) is 5.51. The van der Waals surface area contributed by atoms with Crippen LogP contribution in [0.15, 0.2) is 36.7 Å². The fraction of sp³-hybridized carbons (Fsp3) is 0.286. The molecular weight excluding hydrogens is 376 g/mol. The summed E-state index contributed by atoms with van der Waals surface area (Å²) in [4.78, 5) is 33.0. The smallest absolute Gasteiger partial charge is 0.268 e. The van der Waals surface area contributed by atoms with Gasteiger partial charge in [-0.15, -0.1) is 0 Å². The Morgan fingerprint density at radius 1 is 1.29 bits per heavy atom. The average Bonchev–Trinajstić information content (AvgIpc) is 3.24. The number of nitrogens with zero attached hydrogens (tertiary/aromatic N) is 2. The predicted molar refractivity (Wildman–Crippen MR) is 107 cm³/mol. The molecule has 0 bridgehead atoms. The maximum atomic E-state index is 13.1. The number of amides is 1. The van der Waals surface area contributed by atoms with E-state index >= 15 is 0 Å². The molecule has 1 aliphatic carbocycles. The molecule has 28 heavy (non-hydrogen) atoms. The number of Topliss-reactive ketones (excluding diaryl/α,β-unsaturated/α-hetero) is 1. The van der Waals surface area contributed by atoms with Gasteiger partial charge in [0.1, 0.15) is 17.6 Å². The number of aryl methyl sites for hydroxylation is 2. The summed E-state index contributed by atoms with van der Waals surface area (Å²) in [5.41, 5.74) is 3.56. The number of carbonyl (C=O) groups excluding carboxylic acids is 2. The largest absolute Gasteiger partial charge is 0.354 e. The van der Waals surface area contributed by atoms with E-state index in [9.17, 15) is 9.59 Å². The van der Waals surface area contributed by atoms with E-state index in [0.29, 0.717) is 34.1 Å². The lowest BCUT2D eigenvalue weighted by atomic mass is 9.93. The van der Waals surface area contributed by atoms with Gasteiger partial charge in [0, 0.05) is 42.1 Å². The van der Waals surface area contributed by atoms with Crippen LogP contribution in [-0.2, 0) is 13.5 Å². The Bertz CT molecular complexity index is 1050. The molecule has 0 spiro atoms. The molecule has 0 radical (unpaired) electrons. The van der Waals surface area contributed by atoms with Crippen LogP contribution in [0.5, 0.6) is 0 Å². The summed E-state index contributed by atoms with van der Waals surface area (Å²) in [6.07, 6.45) is 5.67. The summed E-state index contributed by atoms with van der Waals surface area (Å²) in [7, 11) is 1.88. The van der Waals surface area contributed by atoms with Crippen molar-refractivity contribution in [2.45, 2.75) is 32.2 Å². The second-order valence-corrected chi connectivity index (χ2v) is 7.55. The Labute approximate surface area is 167 Å². The third-order valence-electron chi connectivity index (χ3n) is 5.26. The molecule has 0 fully saturated rings. The Hall–Kier alpha value is -2.86.